The van der Waals surface area contributed by atoms with E-state index in [1.54, 1.807) is 0 Å². The summed E-state index contributed by atoms with van der Waals surface area (Å²) in [5.74, 6) is 0. The van der Waals surface area contributed by atoms with E-state index in [2.05, 4.69) is 188 Å². The molecule has 0 saturated carbocycles. The summed E-state index contributed by atoms with van der Waals surface area (Å²) in [6.07, 6.45) is 0. The molecule has 11 aromatic carbocycles. The zero-order valence-corrected chi connectivity index (χ0v) is 29.1. The fourth-order valence-electron chi connectivity index (χ4n) is 8.53. The number of rotatable bonds is 4. The number of fused-ring (bicyclic) bond motifs is 4. The van der Waals surface area contributed by atoms with E-state index >= 15 is 4.57 Å². The first-order valence-electron chi connectivity index (χ1n) is 17.8. The number of hydrogen-bond acceptors (Lipinski definition) is 1. The Morgan fingerprint density at radius 2 is 0.692 bits per heavy atom. The third kappa shape index (κ3) is 4.40. The maximum atomic E-state index is 16.1. The molecule has 0 atom stereocenters. The molecule has 0 amide bonds. The van der Waals surface area contributed by atoms with Gasteiger partial charge in [0.25, 0.3) is 0 Å². The van der Waals surface area contributed by atoms with Gasteiger partial charge >= 0.3 is 0 Å². The molecule has 0 aliphatic rings. The van der Waals surface area contributed by atoms with Gasteiger partial charge in [0.1, 0.15) is 0 Å². The summed E-state index contributed by atoms with van der Waals surface area (Å²) in [4.78, 5) is 0. The summed E-state index contributed by atoms with van der Waals surface area (Å²) in [5.41, 5.74) is 2.30. The highest BCUT2D eigenvalue weighted by Crippen LogP contribution is 2.45. The molecule has 0 N–H and O–H groups in total. The largest absolute Gasteiger partial charge is 0.309 e. The Balaban J connectivity index is 1.11. The van der Waals surface area contributed by atoms with E-state index in [1.165, 1.54) is 59.4 Å². The molecule has 2 heteroatoms. The highest BCUT2D eigenvalue weighted by atomic mass is 31.2. The third-order valence-electron chi connectivity index (χ3n) is 11.2. The molecule has 0 aliphatic heterocycles. The minimum atomic E-state index is -3.31. The van der Waals surface area contributed by atoms with E-state index in [9.17, 15) is 0 Å². The van der Waals surface area contributed by atoms with Crippen molar-refractivity contribution < 1.29 is 4.57 Å². The Labute approximate surface area is 301 Å². The highest BCUT2D eigenvalue weighted by Gasteiger charge is 2.30. The molecular formula is C50H31OP. The normalized spacial score (nSPS) is 12.3. The summed E-state index contributed by atoms with van der Waals surface area (Å²) in [6.45, 7) is 0. The maximum absolute atomic E-state index is 16.1. The van der Waals surface area contributed by atoms with Crippen LogP contribution in [-0.2, 0) is 4.57 Å². The standard InChI is InChI=1S/C50H31OP/c51-52(45-22-16-40-26-36-6-1-3-8-38(36)28-42(40)30-45,46-23-17-41-27-37-7-2-4-9-39(37)29-43(41)31-46)44-20-14-32(15-21-44)47-24-18-35-13-12-33-10-5-11-34-19-25-48(47)50(35)49(33)34/h1-31H. The van der Waals surface area contributed by atoms with Gasteiger partial charge in [-0.05, 0) is 123 Å². The van der Waals surface area contributed by atoms with Crippen molar-refractivity contribution in [2.24, 2.45) is 0 Å². The van der Waals surface area contributed by atoms with Crippen molar-refractivity contribution in [2.45, 2.75) is 0 Å². The SMILES string of the molecule is O=P(c1ccc(-c2ccc3ccc4cccc5ccc2c3c45)cc1)(c1ccc2cc3ccccc3cc2c1)c1ccc2cc3ccccc3cc2c1. The van der Waals surface area contributed by atoms with Crippen LogP contribution < -0.4 is 15.9 Å². The van der Waals surface area contributed by atoms with Gasteiger partial charge < -0.3 is 4.57 Å². The number of benzene rings is 11. The van der Waals surface area contributed by atoms with Crippen molar-refractivity contribution in [3.05, 3.63) is 188 Å². The van der Waals surface area contributed by atoms with Gasteiger partial charge in [0.05, 0.1) is 0 Å². The van der Waals surface area contributed by atoms with Gasteiger partial charge in [-0.15, -0.1) is 0 Å². The first kappa shape index (κ1) is 29.5. The fourth-order valence-corrected chi connectivity index (χ4v) is 11.2. The second-order valence-electron chi connectivity index (χ2n) is 14.1. The van der Waals surface area contributed by atoms with Gasteiger partial charge in [0.15, 0.2) is 7.14 Å². The molecular weight excluding hydrogens is 648 g/mol. The van der Waals surface area contributed by atoms with Crippen molar-refractivity contribution in [2.75, 3.05) is 0 Å². The minimum Gasteiger partial charge on any atom is -0.309 e. The van der Waals surface area contributed by atoms with Gasteiger partial charge in [-0.1, -0.05) is 152 Å². The Morgan fingerprint density at radius 3 is 1.25 bits per heavy atom. The van der Waals surface area contributed by atoms with Crippen molar-refractivity contribution in [1.82, 2.24) is 0 Å². The van der Waals surface area contributed by atoms with E-state index in [0.29, 0.717) is 0 Å². The monoisotopic (exact) mass is 678 g/mol. The predicted octanol–water partition coefficient (Wildman–Crippen LogP) is 12.5. The second-order valence-corrected chi connectivity index (χ2v) is 16.9. The van der Waals surface area contributed by atoms with E-state index < -0.39 is 7.14 Å². The molecule has 11 rings (SSSR count). The molecule has 0 bridgehead atoms. The number of hydrogen-bond donors (Lipinski definition) is 0. The smallest absolute Gasteiger partial charge is 0.171 e. The zero-order valence-electron chi connectivity index (χ0n) is 28.3. The fraction of sp³-hybridized carbons (Fsp3) is 0. The molecule has 0 unspecified atom stereocenters. The predicted molar refractivity (Wildman–Crippen MR) is 225 cm³/mol. The third-order valence-corrected chi connectivity index (χ3v) is 14.2. The van der Waals surface area contributed by atoms with Crippen LogP contribution in [0.15, 0.2) is 188 Å². The quantitative estimate of drug-likeness (QED) is 0.103. The van der Waals surface area contributed by atoms with Crippen LogP contribution in [0.1, 0.15) is 0 Å². The van der Waals surface area contributed by atoms with Gasteiger partial charge in [-0.2, -0.15) is 0 Å². The lowest BCUT2D eigenvalue weighted by Crippen LogP contribution is -2.25. The van der Waals surface area contributed by atoms with Crippen LogP contribution in [0.25, 0.3) is 86.5 Å². The summed E-state index contributed by atoms with van der Waals surface area (Å²) >= 11 is 0. The van der Waals surface area contributed by atoms with E-state index in [-0.39, 0.29) is 0 Å². The van der Waals surface area contributed by atoms with Crippen LogP contribution in [0.2, 0.25) is 0 Å². The average Bonchev–Trinajstić information content (AvgIpc) is 3.20. The summed E-state index contributed by atoms with van der Waals surface area (Å²) in [7, 11) is -3.31. The minimum absolute atomic E-state index is 0.828. The Morgan fingerprint density at radius 1 is 0.288 bits per heavy atom. The zero-order chi connectivity index (χ0) is 34.4. The van der Waals surface area contributed by atoms with Gasteiger partial charge in [-0.25, -0.2) is 0 Å². The summed E-state index contributed by atoms with van der Waals surface area (Å²) < 4.78 is 16.1. The molecule has 242 valence electrons. The topological polar surface area (TPSA) is 17.1 Å². The van der Waals surface area contributed by atoms with Crippen LogP contribution in [0.4, 0.5) is 0 Å². The molecule has 52 heavy (non-hydrogen) atoms. The lowest BCUT2D eigenvalue weighted by molar-refractivity contribution is 0.592. The Hall–Kier alpha value is -6.27. The molecule has 11 aromatic rings. The van der Waals surface area contributed by atoms with Crippen molar-refractivity contribution in [1.29, 1.82) is 0 Å². The maximum Gasteiger partial charge on any atom is 0.171 e. The van der Waals surface area contributed by atoms with Crippen molar-refractivity contribution in [3.8, 4) is 11.1 Å². The van der Waals surface area contributed by atoms with Crippen LogP contribution in [-0.4, -0.2) is 0 Å². The van der Waals surface area contributed by atoms with Crippen LogP contribution in [0, 0.1) is 0 Å². The molecule has 0 heterocycles. The van der Waals surface area contributed by atoms with Crippen molar-refractivity contribution in [3.63, 3.8) is 0 Å². The first-order valence-corrected chi connectivity index (χ1v) is 19.5. The molecule has 0 fully saturated rings. The van der Waals surface area contributed by atoms with Gasteiger partial charge in [-0.3, -0.25) is 0 Å². The first-order chi connectivity index (χ1) is 25.6. The van der Waals surface area contributed by atoms with Crippen LogP contribution >= 0.6 is 7.14 Å². The summed E-state index contributed by atoms with van der Waals surface area (Å²) in [5, 5.41) is 19.4. The van der Waals surface area contributed by atoms with E-state index in [1.807, 2.05) is 0 Å². The molecule has 1 nitrogen and oxygen atoms in total. The summed E-state index contributed by atoms with van der Waals surface area (Å²) in [6, 6.07) is 67.0. The van der Waals surface area contributed by atoms with E-state index in [0.717, 1.165) is 43.0 Å². The molecule has 0 saturated heterocycles. The lowest BCUT2D eigenvalue weighted by atomic mass is 9.90. The van der Waals surface area contributed by atoms with Crippen molar-refractivity contribution >= 4 is 98.5 Å². The molecule has 0 aliphatic carbocycles. The van der Waals surface area contributed by atoms with Crippen LogP contribution in [0.5, 0.6) is 0 Å². The Kier molecular flexibility index (Phi) is 6.30. The Bertz CT molecular complexity index is 3130. The molecule has 0 aromatic heterocycles. The molecule has 0 radical (unpaired) electrons. The van der Waals surface area contributed by atoms with Gasteiger partial charge in [0.2, 0.25) is 0 Å². The van der Waals surface area contributed by atoms with E-state index in [4.69, 9.17) is 0 Å². The lowest BCUT2D eigenvalue weighted by Gasteiger charge is -2.22. The van der Waals surface area contributed by atoms with Crippen LogP contribution in [0.3, 0.4) is 0 Å². The molecule has 0 spiro atoms. The second kappa shape index (κ2) is 11.1. The highest BCUT2D eigenvalue weighted by molar-refractivity contribution is 7.85. The van der Waals surface area contributed by atoms with Gasteiger partial charge in [0, 0.05) is 15.9 Å². The average molecular weight is 679 g/mol.